The molecule has 2 aromatic carbocycles. The van der Waals surface area contributed by atoms with Gasteiger partial charge in [-0.1, -0.05) is 30.0 Å². The number of nitrogen functional groups attached to an aromatic ring is 1. The van der Waals surface area contributed by atoms with Gasteiger partial charge in [0.2, 0.25) is 0 Å². The third-order valence-electron chi connectivity index (χ3n) is 4.68. The standard InChI is InChI=1S/C18H16N4O2S/c19-12-5-6-13-15-16(11-3-1-2-4-14(11)25-17(12)15)20-22(13)8-7-21-9-10-24-18(21)23/h1-6H,7-10,19H2. The Hall–Kier alpha value is -2.67. The molecule has 0 spiro atoms. The summed E-state index contributed by atoms with van der Waals surface area (Å²) in [4.78, 5) is 15.6. The molecule has 2 aliphatic rings. The normalized spacial score (nSPS) is 15.5. The molecule has 2 aliphatic heterocycles. The van der Waals surface area contributed by atoms with Crippen molar-refractivity contribution in [2.24, 2.45) is 0 Å². The van der Waals surface area contributed by atoms with Gasteiger partial charge in [-0.2, -0.15) is 5.10 Å². The first-order chi connectivity index (χ1) is 12.2. The number of amides is 1. The molecule has 0 atom stereocenters. The van der Waals surface area contributed by atoms with E-state index in [1.807, 2.05) is 28.9 Å². The second kappa shape index (κ2) is 5.42. The Labute approximate surface area is 148 Å². The van der Waals surface area contributed by atoms with Crippen molar-refractivity contribution in [1.82, 2.24) is 14.7 Å². The maximum absolute atomic E-state index is 11.6. The van der Waals surface area contributed by atoms with Gasteiger partial charge in [-0.25, -0.2) is 4.79 Å². The van der Waals surface area contributed by atoms with Gasteiger partial charge in [0.1, 0.15) is 12.3 Å². The molecule has 0 saturated carbocycles. The van der Waals surface area contributed by atoms with Gasteiger partial charge in [-0.05, 0) is 18.2 Å². The second-order valence-electron chi connectivity index (χ2n) is 6.15. The summed E-state index contributed by atoms with van der Waals surface area (Å²) in [6.45, 7) is 2.32. The Balaban J connectivity index is 1.61. The first kappa shape index (κ1) is 14.7. The minimum Gasteiger partial charge on any atom is -0.448 e. The number of carbonyl (C=O) groups excluding carboxylic acids is 1. The van der Waals surface area contributed by atoms with Crippen molar-refractivity contribution in [3.8, 4) is 11.3 Å². The molecule has 0 bridgehead atoms. The average Bonchev–Trinajstić information content (AvgIpc) is 3.20. The van der Waals surface area contributed by atoms with Crippen LogP contribution >= 0.6 is 11.8 Å². The molecule has 3 heterocycles. The van der Waals surface area contributed by atoms with Gasteiger partial charge in [0.25, 0.3) is 0 Å². The van der Waals surface area contributed by atoms with Crippen molar-refractivity contribution in [2.45, 2.75) is 16.3 Å². The summed E-state index contributed by atoms with van der Waals surface area (Å²) in [5.41, 5.74) is 10.2. The highest BCUT2D eigenvalue weighted by atomic mass is 32.2. The lowest BCUT2D eigenvalue weighted by Crippen LogP contribution is -2.28. The molecule has 5 rings (SSSR count). The van der Waals surface area contributed by atoms with Crippen LogP contribution in [0.3, 0.4) is 0 Å². The Bertz CT molecular complexity index is 1010. The topological polar surface area (TPSA) is 73.4 Å². The number of carbonyl (C=O) groups is 1. The molecule has 2 N–H and O–H groups in total. The van der Waals surface area contributed by atoms with Crippen LogP contribution in [0.4, 0.5) is 10.5 Å². The van der Waals surface area contributed by atoms with Gasteiger partial charge in [0.15, 0.2) is 0 Å². The molecule has 1 fully saturated rings. The van der Waals surface area contributed by atoms with Crippen LogP contribution in [-0.4, -0.2) is 40.5 Å². The van der Waals surface area contributed by atoms with Crippen LogP contribution in [0.25, 0.3) is 22.2 Å². The number of nitrogens with two attached hydrogens (primary N) is 1. The maximum Gasteiger partial charge on any atom is 0.410 e. The molecule has 126 valence electrons. The number of hydrogen-bond acceptors (Lipinski definition) is 5. The van der Waals surface area contributed by atoms with Crippen LogP contribution in [0.2, 0.25) is 0 Å². The van der Waals surface area contributed by atoms with E-state index in [0.29, 0.717) is 26.2 Å². The molecule has 3 aromatic rings. The summed E-state index contributed by atoms with van der Waals surface area (Å²) in [6.07, 6.45) is -0.244. The van der Waals surface area contributed by atoms with Crippen LogP contribution in [0.15, 0.2) is 46.2 Å². The molecule has 1 saturated heterocycles. The van der Waals surface area contributed by atoms with Gasteiger partial charge in [0, 0.05) is 33.0 Å². The number of cyclic esters (lactones) is 1. The highest BCUT2D eigenvalue weighted by Crippen LogP contribution is 2.49. The van der Waals surface area contributed by atoms with E-state index in [9.17, 15) is 4.79 Å². The number of ether oxygens (including phenoxy) is 1. The van der Waals surface area contributed by atoms with Crippen LogP contribution in [0, 0.1) is 0 Å². The van der Waals surface area contributed by atoms with E-state index in [-0.39, 0.29) is 6.09 Å². The molecule has 0 radical (unpaired) electrons. The first-order valence-corrected chi connectivity index (χ1v) is 9.02. The van der Waals surface area contributed by atoms with E-state index in [2.05, 4.69) is 12.1 Å². The molecule has 7 heteroatoms. The summed E-state index contributed by atoms with van der Waals surface area (Å²) in [5.74, 6) is 0. The number of fused-ring (bicyclic) bond motifs is 2. The first-order valence-electron chi connectivity index (χ1n) is 8.20. The SMILES string of the molecule is Nc1ccc2c3c(nn2CCN2CCOC2=O)-c2ccccc2Sc13. The van der Waals surface area contributed by atoms with E-state index in [0.717, 1.165) is 32.7 Å². The lowest BCUT2D eigenvalue weighted by atomic mass is 10.1. The highest BCUT2D eigenvalue weighted by Gasteiger charge is 2.26. The fraction of sp³-hybridized carbons (Fsp3) is 0.222. The Kier molecular flexibility index (Phi) is 3.18. The van der Waals surface area contributed by atoms with Gasteiger partial charge in [-0.3, -0.25) is 4.68 Å². The number of hydrogen-bond donors (Lipinski definition) is 1. The van der Waals surface area contributed by atoms with E-state index in [1.165, 1.54) is 4.90 Å². The van der Waals surface area contributed by atoms with Crippen molar-refractivity contribution in [3.63, 3.8) is 0 Å². The number of anilines is 1. The number of nitrogens with zero attached hydrogens (tertiary/aromatic N) is 3. The Morgan fingerprint density at radius 2 is 2.08 bits per heavy atom. The van der Waals surface area contributed by atoms with Gasteiger partial charge < -0.3 is 15.4 Å². The van der Waals surface area contributed by atoms with Crippen molar-refractivity contribution < 1.29 is 9.53 Å². The van der Waals surface area contributed by atoms with Gasteiger partial charge in [0.05, 0.1) is 18.6 Å². The Morgan fingerprint density at radius 3 is 2.92 bits per heavy atom. The quantitative estimate of drug-likeness (QED) is 0.573. The smallest absolute Gasteiger partial charge is 0.410 e. The molecular formula is C18H16N4O2S. The van der Waals surface area contributed by atoms with E-state index < -0.39 is 0 Å². The largest absolute Gasteiger partial charge is 0.448 e. The summed E-state index contributed by atoms with van der Waals surface area (Å²) < 4.78 is 6.97. The predicted octanol–water partition coefficient (Wildman–Crippen LogP) is 3.20. The van der Waals surface area contributed by atoms with Gasteiger partial charge in [-0.15, -0.1) is 0 Å². The van der Waals surface area contributed by atoms with Crippen LogP contribution in [0.5, 0.6) is 0 Å². The summed E-state index contributed by atoms with van der Waals surface area (Å²) in [6, 6.07) is 12.2. The molecule has 0 aliphatic carbocycles. The monoisotopic (exact) mass is 352 g/mol. The zero-order valence-corrected chi connectivity index (χ0v) is 14.3. The van der Waals surface area contributed by atoms with E-state index >= 15 is 0 Å². The average molecular weight is 352 g/mol. The highest BCUT2D eigenvalue weighted by molar-refractivity contribution is 8.00. The van der Waals surface area contributed by atoms with Crippen molar-refractivity contribution >= 4 is 34.4 Å². The van der Waals surface area contributed by atoms with E-state index in [1.54, 1.807) is 16.7 Å². The fourth-order valence-electron chi connectivity index (χ4n) is 3.43. The number of benzene rings is 2. The van der Waals surface area contributed by atoms with Crippen molar-refractivity contribution in [2.75, 3.05) is 25.4 Å². The zero-order valence-electron chi connectivity index (χ0n) is 13.4. The molecule has 1 aromatic heterocycles. The Morgan fingerprint density at radius 1 is 1.20 bits per heavy atom. The van der Waals surface area contributed by atoms with Crippen LogP contribution in [-0.2, 0) is 11.3 Å². The molecule has 0 unspecified atom stereocenters. The third kappa shape index (κ3) is 2.19. The van der Waals surface area contributed by atoms with E-state index in [4.69, 9.17) is 15.6 Å². The lowest BCUT2D eigenvalue weighted by molar-refractivity contribution is 0.157. The molecule has 6 nitrogen and oxygen atoms in total. The summed E-state index contributed by atoms with van der Waals surface area (Å²) in [5, 5.41) is 5.96. The maximum atomic E-state index is 11.6. The van der Waals surface area contributed by atoms with Crippen LogP contribution in [0.1, 0.15) is 0 Å². The molecule has 1 amide bonds. The fourth-order valence-corrected chi connectivity index (χ4v) is 4.56. The lowest BCUT2D eigenvalue weighted by Gasteiger charge is -2.16. The minimum atomic E-state index is -0.244. The number of rotatable bonds is 3. The number of aromatic nitrogens is 2. The molecular weight excluding hydrogens is 336 g/mol. The second-order valence-corrected chi connectivity index (χ2v) is 7.20. The zero-order chi connectivity index (χ0) is 17.0. The summed E-state index contributed by atoms with van der Waals surface area (Å²) >= 11 is 1.70. The minimum absolute atomic E-state index is 0.244. The van der Waals surface area contributed by atoms with Gasteiger partial charge >= 0.3 is 6.09 Å². The summed E-state index contributed by atoms with van der Waals surface area (Å²) in [7, 11) is 0. The van der Waals surface area contributed by atoms with Crippen molar-refractivity contribution in [1.29, 1.82) is 0 Å². The molecule has 25 heavy (non-hydrogen) atoms. The predicted molar refractivity (Wildman–Crippen MR) is 96.6 cm³/mol. The van der Waals surface area contributed by atoms with Crippen molar-refractivity contribution in [3.05, 3.63) is 36.4 Å². The third-order valence-corrected chi connectivity index (χ3v) is 5.90. The van der Waals surface area contributed by atoms with Crippen LogP contribution < -0.4 is 5.73 Å².